The fourth-order valence-electron chi connectivity index (χ4n) is 1.14. The lowest BCUT2D eigenvalue weighted by Crippen LogP contribution is -2.16. The molecule has 6 heteroatoms. The first-order valence-corrected chi connectivity index (χ1v) is 4.54. The zero-order chi connectivity index (χ0) is 9.26. The van der Waals surface area contributed by atoms with E-state index in [0.717, 1.165) is 9.89 Å². The van der Waals surface area contributed by atoms with Crippen molar-refractivity contribution in [3.63, 3.8) is 0 Å². The van der Waals surface area contributed by atoms with E-state index < -0.39 is 6.09 Å². The molecule has 2 rings (SSSR count). The van der Waals surface area contributed by atoms with Gasteiger partial charge < -0.3 is 4.74 Å². The molecule has 1 aromatic heterocycles. The van der Waals surface area contributed by atoms with E-state index in [0.29, 0.717) is 0 Å². The Hall–Kier alpha value is -1.43. The Morgan fingerprint density at radius 2 is 2.54 bits per heavy atom. The van der Waals surface area contributed by atoms with Crippen LogP contribution >= 0.6 is 11.3 Å². The SMILES string of the molecule is O=NN1C[C@H](c2cccs2)OC1=O. The van der Waals surface area contributed by atoms with Crippen LogP contribution in [0.5, 0.6) is 0 Å². The van der Waals surface area contributed by atoms with Gasteiger partial charge in [0, 0.05) is 4.88 Å². The Labute approximate surface area is 77.9 Å². The summed E-state index contributed by atoms with van der Waals surface area (Å²) in [7, 11) is 0. The van der Waals surface area contributed by atoms with Crippen LogP contribution in [0.3, 0.4) is 0 Å². The molecule has 68 valence electrons. The van der Waals surface area contributed by atoms with Crippen molar-refractivity contribution in [1.29, 1.82) is 0 Å². The van der Waals surface area contributed by atoms with E-state index in [4.69, 9.17) is 4.74 Å². The molecule has 0 radical (unpaired) electrons. The van der Waals surface area contributed by atoms with Gasteiger partial charge in [-0.05, 0) is 11.4 Å². The summed E-state index contributed by atoms with van der Waals surface area (Å²) >= 11 is 1.49. The molecule has 1 aromatic rings. The molecule has 0 aromatic carbocycles. The highest BCUT2D eigenvalue weighted by Crippen LogP contribution is 2.28. The predicted octanol–water partition coefficient (Wildman–Crippen LogP) is 1.92. The van der Waals surface area contributed by atoms with Gasteiger partial charge in [-0.25, -0.2) is 4.79 Å². The van der Waals surface area contributed by atoms with Crippen molar-refractivity contribution < 1.29 is 9.53 Å². The van der Waals surface area contributed by atoms with Crippen LogP contribution in [-0.4, -0.2) is 17.6 Å². The number of carbonyl (C=O) groups excluding carboxylic acids is 1. The summed E-state index contributed by atoms with van der Waals surface area (Å²) in [5, 5.41) is 5.21. The number of hydrogen-bond donors (Lipinski definition) is 0. The van der Waals surface area contributed by atoms with E-state index in [1.807, 2.05) is 17.5 Å². The second-order valence-electron chi connectivity index (χ2n) is 2.55. The molecule has 13 heavy (non-hydrogen) atoms. The maximum absolute atomic E-state index is 10.9. The summed E-state index contributed by atoms with van der Waals surface area (Å²) in [6.45, 7) is 0.211. The number of ether oxygens (including phenoxy) is 1. The topological polar surface area (TPSA) is 59.0 Å². The van der Waals surface area contributed by atoms with Crippen molar-refractivity contribution in [3.8, 4) is 0 Å². The van der Waals surface area contributed by atoms with Crippen LogP contribution in [0.25, 0.3) is 0 Å². The molecule has 2 heterocycles. The fourth-order valence-corrected chi connectivity index (χ4v) is 1.89. The zero-order valence-electron chi connectivity index (χ0n) is 6.54. The summed E-state index contributed by atoms with van der Waals surface area (Å²) in [4.78, 5) is 22.0. The van der Waals surface area contributed by atoms with Crippen molar-refractivity contribution in [3.05, 3.63) is 27.3 Å². The summed E-state index contributed by atoms with van der Waals surface area (Å²) in [6, 6.07) is 3.72. The molecule has 1 atom stereocenters. The van der Waals surface area contributed by atoms with Gasteiger partial charge in [0.1, 0.15) is 0 Å². The molecule has 1 saturated heterocycles. The molecule has 0 aliphatic carbocycles. The van der Waals surface area contributed by atoms with Crippen LogP contribution < -0.4 is 0 Å². The summed E-state index contributed by atoms with van der Waals surface area (Å²) in [6.07, 6.45) is -1.02. The van der Waals surface area contributed by atoms with Gasteiger partial charge >= 0.3 is 6.09 Å². The monoisotopic (exact) mass is 198 g/mol. The van der Waals surface area contributed by atoms with Crippen LogP contribution in [-0.2, 0) is 4.74 Å². The minimum absolute atomic E-state index is 0.211. The maximum atomic E-state index is 10.9. The second-order valence-corrected chi connectivity index (χ2v) is 3.53. The molecule has 5 nitrogen and oxygen atoms in total. The highest BCUT2D eigenvalue weighted by molar-refractivity contribution is 7.10. The lowest BCUT2D eigenvalue weighted by atomic mass is 10.3. The summed E-state index contributed by atoms with van der Waals surface area (Å²) < 4.78 is 4.91. The third-order valence-electron chi connectivity index (χ3n) is 1.75. The Bertz CT molecular complexity index is 324. The van der Waals surface area contributed by atoms with Crippen molar-refractivity contribution in [2.45, 2.75) is 6.10 Å². The number of carbonyl (C=O) groups is 1. The number of amides is 1. The Balaban J connectivity index is 2.14. The van der Waals surface area contributed by atoms with Gasteiger partial charge in [0.25, 0.3) is 0 Å². The summed E-state index contributed by atoms with van der Waals surface area (Å²) in [5.41, 5.74) is 0. The van der Waals surface area contributed by atoms with Gasteiger partial charge in [0.15, 0.2) is 6.10 Å². The largest absolute Gasteiger partial charge is 0.437 e. The van der Waals surface area contributed by atoms with Crippen LogP contribution in [0.15, 0.2) is 22.8 Å². The number of rotatable bonds is 2. The average Bonchev–Trinajstić information content (AvgIpc) is 2.71. The first-order valence-electron chi connectivity index (χ1n) is 3.66. The van der Waals surface area contributed by atoms with Crippen molar-refractivity contribution in [2.75, 3.05) is 6.54 Å². The van der Waals surface area contributed by atoms with E-state index in [1.54, 1.807) is 0 Å². The fraction of sp³-hybridized carbons (Fsp3) is 0.286. The van der Waals surface area contributed by atoms with E-state index in [-0.39, 0.29) is 12.6 Å². The van der Waals surface area contributed by atoms with E-state index in [9.17, 15) is 9.70 Å². The maximum Gasteiger partial charge on any atom is 0.433 e. The normalized spacial score (nSPS) is 21.7. The van der Waals surface area contributed by atoms with Crippen LogP contribution in [0.4, 0.5) is 4.79 Å². The highest BCUT2D eigenvalue weighted by atomic mass is 32.1. The number of thiophene rings is 1. The van der Waals surface area contributed by atoms with Gasteiger partial charge in [-0.3, -0.25) is 0 Å². The molecular formula is C7H6N2O3S. The van der Waals surface area contributed by atoms with Gasteiger partial charge in [-0.2, -0.15) is 5.01 Å². The molecular weight excluding hydrogens is 192 g/mol. The number of hydrogen-bond acceptors (Lipinski definition) is 5. The lowest BCUT2D eigenvalue weighted by Gasteiger charge is -2.02. The Morgan fingerprint density at radius 3 is 3.08 bits per heavy atom. The molecule has 0 spiro atoms. The standard InChI is InChI=1S/C7H6N2O3S/c10-7-9(8-11)4-5(12-7)6-2-1-3-13-6/h1-3,5H,4H2/t5-/m1/s1. The van der Waals surface area contributed by atoms with Gasteiger partial charge in [0.05, 0.1) is 11.8 Å². The quantitative estimate of drug-likeness (QED) is 0.682. The van der Waals surface area contributed by atoms with E-state index in [1.165, 1.54) is 11.3 Å². The summed E-state index contributed by atoms with van der Waals surface area (Å²) in [5.74, 6) is 0. The molecule has 1 aliphatic heterocycles. The zero-order valence-corrected chi connectivity index (χ0v) is 7.36. The van der Waals surface area contributed by atoms with E-state index >= 15 is 0 Å². The first-order chi connectivity index (χ1) is 6.31. The van der Waals surface area contributed by atoms with Gasteiger partial charge in [-0.1, -0.05) is 6.07 Å². The van der Waals surface area contributed by atoms with Crippen molar-refractivity contribution in [2.24, 2.45) is 5.29 Å². The minimum Gasteiger partial charge on any atom is -0.437 e. The Kier molecular flexibility index (Phi) is 1.97. The molecule has 0 N–H and O–H groups in total. The van der Waals surface area contributed by atoms with Gasteiger partial charge in [-0.15, -0.1) is 16.2 Å². The number of nitrogens with zero attached hydrogens (tertiary/aromatic N) is 2. The van der Waals surface area contributed by atoms with Crippen LogP contribution in [0.1, 0.15) is 11.0 Å². The smallest absolute Gasteiger partial charge is 0.433 e. The molecule has 0 saturated carbocycles. The average molecular weight is 198 g/mol. The van der Waals surface area contributed by atoms with Crippen LogP contribution in [0.2, 0.25) is 0 Å². The molecule has 1 amide bonds. The van der Waals surface area contributed by atoms with Gasteiger partial charge in [0.2, 0.25) is 0 Å². The molecule has 1 fully saturated rings. The van der Waals surface area contributed by atoms with Crippen molar-refractivity contribution in [1.82, 2.24) is 5.01 Å². The molecule has 0 unspecified atom stereocenters. The third kappa shape index (κ3) is 1.40. The second kappa shape index (κ2) is 3.14. The minimum atomic E-state index is -0.673. The predicted molar refractivity (Wildman–Crippen MR) is 46.0 cm³/mol. The lowest BCUT2D eigenvalue weighted by molar-refractivity contribution is 0.134. The third-order valence-corrected chi connectivity index (χ3v) is 2.72. The Morgan fingerprint density at radius 1 is 1.69 bits per heavy atom. The number of nitroso groups, excluding NO2 is 1. The first kappa shape index (κ1) is 8.18. The molecule has 0 bridgehead atoms. The number of cyclic esters (lactones) is 1. The highest BCUT2D eigenvalue weighted by Gasteiger charge is 2.33. The van der Waals surface area contributed by atoms with Crippen LogP contribution in [0, 0.1) is 4.91 Å². The van der Waals surface area contributed by atoms with Crippen molar-refractivity contribution >= 4 is 17.4 Å². The molecule has 1 aliphatic rings. The van der Waals surface area contributed by atoms with E-state index in [2.05, 4.69) is 5.29 Å².